The Hall–Kier alpha value is -4.08. The first-order chi connectivity index (χ1) is 13.3. The lowest BCUT2D eigenvalue weighted by Crippen LogP contribution is -2.19. The Morgan fingerprint density at radius 3 is 2.18 bits per heavy atom. The molecule has 1 heterocycles. The van der Waals surface area contributed by atoms with E-state index in [1.807, 2.05) is 11.8 Å². The van der Waals surface area contributed by atoms with E-state index < -0.39 is 20.5 Å². The summed E-state index contributed by atoms with van der Waals surface area (Å²) in [7, 11) is 0. The zero-order valence-corrected chi connectivity index (χ0v) is 14.6. The Morgan fingerprint density at radius 1 is 0.929 bits per heavy atom. The lowest BCUT2D eigenvalue weighted by Gasteiger charge is -2.26. The van der Waals surface area contributed by atoms with Gasteiger partial charge in [-0.25, -0.2) is 0 Å². The summed E-state index contributed by atoms with van der Waals surface area (Å²) in [5.41, 5.74) is 1.06. The molecule has 0 bridgehead atoms. The van der Waals surface area contributed by atoms with Crippen LogP contribution in [0.1, 0.15) is 18.1 Å². The summed E-state index contributed by atoms with van der Waals surface area (Å²) in [6, 6.07) is 7.79. The second kappa shape index (κ2) is 7.27. The van der Waals surface area contributed by atoms with Crippen LogP contribution in [0.4, 0.5) is 22.7 Å². The molecule has 10 nitrogen and oxygen atoms in total. The molecule has 28 heavy (non-hydrogen) atoms. The average Bonchev–Trinajstić information content (AvgIpc) is 2.67. The van der Waals surface area contributed by atoms with Gasteiger partial charge in [0.2, 0.25) is 0 Å². The quantitative estimate of drug-likeness (QED) is 0.556. The molecule has 0 atom stereocenters. The van der Waals surface area contributed by atoms with Gasteiger partial charge in [-0.05, 0) is 36.8 Å². The van der Waals surface area contributed by atoms with Crippen molar-refractivity contribution in [2.24, 2.45) is 0 Å². The maximum Gasteiger partial charge on any atom is 0.283 e. The maximum absolute atomic E-state index is 11.4. The molecule has 10 heteroatoms. The van der Waals surface area contributed by atoms with E-state index in [0.717, 1.165) is 11.8 Å². The Labute approximate surface area is 158 Å². The number of benzene rings is 2. The second-order valence-electron chi connectivity index (χ2n) is 5.92. The fraction of sp³-hybridized carbons (Fsp3) is 0.111. The molecule has 0 aromatic heterocycles. The van der Waals surface area contributed by atoms with Crippen molar-refractivity contribution < 1.29 is 14.8 Å². The van der Waals surface area contributed by atoms with Crippen molar-refractivity contribution in [3.63, 3.8) is 0 Å². The lowest BCUT2D eigenvalue weighted by atomic mass is 9.96. The van der Waals surface area contributed by atoms with Gasteiger partial charge in [0.15, 0.2) is 0 Å². The largest absolute Gasteiger partial charge is 0.348 e. The van der Waals surface area contributed by atoms with Gasteiger partial charge >= 0.3 is 0 Å². The van der Waals surface area contributed by atoms with Crippen molar-refractivity contribution in [1.82, 2.24) is 0 Å². The van der Waals surface area contributed by atoms with E-state index >= 15 is 0 Å². The predicted molar refractivity (Wildman–Crippen MR) is 103 cm³/mol. The molecular weight excluding hydrogens is 368 g/mol. The fourth-order valence-electron chi connectivity index (χ4n) is 2.95. The molecule has 0 fully saturated rings. The number of hydrogen-bond donors (Lipinski definition) is 0. The zero-order chi connectivity index (χ0) is 20.4. The lowest BCUT2D eigenvalue weighted by molar-refractivity contribution is -0.394. The molecule has 0 unspecified atom stereocenters. The van der Waals surface area contributed by atoms with Gasteiger partial charge in [-0.15, -0.1) is 0 Å². The minimum absolute atomic E-state index is 0.103. The molecule has 2 aromatic carbocycles. The SMILES string of the molecule is CCN1C=C/C(=C/c2ccc([N+](=O)[O-])cc2[N+](=O)[O-])c2cc([N+](=O)[O-])ccc21. The second-order valence-corrected chi connectivity index (χ2v) is 5.92. The van der Waals surface area contributed by atoms with Crippen LogP contribution in [0.2, 0.25) is 0 Å². The monoisotopic (exact) mass is 382 g/mol. The van der Waals surface area contributed by atoms with E-state index in [4.69, 9.17) is 0 Å². The Kier molecular flexibility index (Phi) is 4.86. The van der Waals surface area contributed by atoms with Crippen LogP contribution in [0, 0.1) is 30.3 Å². The molecule has 1 aliphatic rings. The molecule has 0 spiro atoms. The molecule has 0 saturated heterocycles. The number of non-ortho nitro benzene ring substituents is 2. The van der Waals surface area contributed by atoms with Gasteiger partial charge in [-0.3, -0.25) is 30.3 Å². The zero-order valence-electron chi connectivity index (χ0n) is 14.6. The molecule has 142 valence electrons. The smallest absolute Gasteiger partial charge is 0.283 e. The van der Waals surface area contributed by atoms with Crippen molar-refractivity contribution >= 4 is 34.4 Å². The number of allylic oxidation sites excluding steroid dienone is 2. The molecular formula is C18H14N4O6. The van der Waals surface area contributed by atoms with Crippen molar-refractivity contribution in [3.05, 3.63) is 90.1 Å². The normalized spacial score (nSPS) is 14.0. The third-order valence-electron chi connectivity index (χ3n) is 4.32. The standard InChI is InChI=1S/C18H14N4O6/c1-2-19-8-7-12(16-10-14(20(23)24)5-6-17(16)19)9-13-3-4-15(21(25)26)11-18(13)22(27)28/h3-11H,2H2,1H3/b12-9-. The van der Waals surface area contributed by atoms with Crippen LogP contribution in [0.3, 0.4) is 0 Å². The summed E-state index contributed by atoms with van der Waals surface area (Å²) in [6.07, 6.45) is 4.96. The third kappa shape index (κ3) is 3.43. The molecule has 0 saturated carbocycles. The summed E-state index contributed by atoms with van der Waals surface area (Å²) in [5, 5.41) is 33.4. The number of fused-ring (bicyclic) bond motifs is 1. The highest BCUT2D eigenvalue weighted by Gasteiger charge is 2.22. The summed E-state index contributed by atoms with van der Waals surface area (Å²) >= 11 is 0. The van der Waals surface area contributed by atoms with Gasteiger partial charge < -0.3 is 4.90 Å². The van der Waals surface area contributed by atoms with E-state index in [1.54, 1.807) is 18.3 Å². The van der Waals surface area contributed by atoms with Gasteiger partial charge in [0, 0.05) is 42.2 Å². The minimum Gasteiger partial charge on any atom is -0.348 e. The van der Waals surface area contributed by atoms with Crippen LogP contribution in [0.5, 0.6) is 0 Å². The first kappa shape index (κ1) is 18.7. The highest BCUT2D eigenvalue weighted by Crippen LogP contribution is 2.37. The van der Waals surface area contributed by atoms with Gasteiger partial charge in [0.25, 0.3) is 17.1 Å². The van der Waals surface area contributed by atoms with Gasteiger partial charge in [0.1, 0.15) is 0 Å². The van der Waals surface area contributed by atoms with Gasteiger partial charge in [0.05, 0.1) is 26.4 Å². The van der Waals surface area contributed by atoms with Crippen LogP contribution < -0.4 is 4.90 Å². The van der Waals surface area contributed by atoms with Crippen molar-refractivity contribution in [1.29, 1.82) is 0 Å². The van der Waals surface area contributed by atoms with Crippen molar-refractivity contribution in [3.8, 4) is 0 Å². The summed E-state index contributed by atoms with van der Waals surface area (Å²) in [4.78, 5) is 33.4. The van der Waals surface area contributed by atoms with Crippen LogP contribution in [-0.4, -0.2) is 21.3 Å². The molecule has 0 aliphatic carbocycles. The molecule has 0 radical (unpaired) electrons. The predicted octanol–water partition coefficient (Wildman–Crippen LogP) is 4.31. The van der Waals surface area contributed by atoms with Crippen LogP contribution in [0.25, 0.3) is 11.6 Å². The van der Waals surface area contributed by atoms with E-state index in [-0.39, 0.29) is 16.9 Å². The van der Waals surface area contributed by atoms with Crippen LogP contribution >= 0.6 is 0 Å². The average molecular weight is 382 g/mol. The maximum atomic E-state index is 11.4. The summed E-state index contributed by atoms with van der Waals surface area (Å²) < 4.78 is 0. The highest BCUT2D eigenvalue weighted by molar-refractivity contribution is 5.96. The van der Waals surface area contributed by atoms with Crippen molar-refractivity contribution in [2.45, 2.75) is 6.92 Å². The van der Waals surface area contributed by atoms with E-state index in [2.05, 4.69) is 0 Å². The van der Waals surface area contributed by atoms with E-state index in [9.17, 15) is 30.3 Å². The third-order valence-corrected chi connectivity index (χ3v) is 4.32. The number of anilines is 1. The summed E-state index contributed by atoms with van der Waals surface area (Å²) in [6.45, 7) is 2.55. The Balaban J connectivity index is 2.18. The molecule has 0 N–H and O–H groups in total. The first-order valence-electron chi connectivity index (χ1n) is 8.20. The number of hydrogen-bond acceptors (Lipinski definition) is 7. The number of nitro benzene ring substituents is 3. The number of nitro groups is 3. The number of nitrogens with zero attached hydrogens (tertiary/aromatic N) is 4. The fourth-order valence-corrected chi connectivity index (χ4v) is 2.95. The number of rotatable bonds is 5. The summed E-state index contributed by atoms with van der Waals surface area (Å²) in [5.74, 6) is 0. The molecule has 3 rings (SSSR count). The first-order valence-corrected chi connectivity index (χ1v) is 8.20. The van der Waals surface area contributed by atoms with Gasteiger partial charge in [-0.1, -0.05) is 0 Å². The van der Waals surface area contributed by atoms with Crippen LogP contribution in [-0.2, 0) is 0 Å². The highest BCUT2D eigenvalue weighted by atomic mass is 16.6. The Bertz CT molecular complexity index is 1060. The van der Waals surface area contributed by atoms with Gasteiger partial charge in [-0.2, -0.15) is 0 Å². The van der Waals surface area contributed by atoms with E-state index in [0.29, 0.717) is 17.7 Å². The Morgan fingerprint density at radius 2 is 1.57 bits per heavy atom. The van der Waals surface area contributed by atoms with Crippen molar-refractivity contribution in [2.75, 3.05) is 11.4 Å². The molecule has 2 aromatic rings. The molecule has 0 amide bonds. The molecule has 1 aliphatic heterocycles. The van der Waals surface area contributed by atoms with E-state index in [1.165, 1.54) is 30.3 Å². The minimum atomic E-state index is -0.706. The topological polar surface area (TPSA) is 133 Å². The van der Waals surface area contributed by atoms with Crippen LogP contribution in [0.15, 0.2) is 48.7 Å².